The molecule has 0 bridgehead atoms. The van der Waals surface area contributed by atoms with Gasteiger partial charge in [0.1, 0.15) is 0 Å². The fourth-order valence-electron chi connectivity index (χ4n) is 3.56. The number of hydrogen-bond donors (Lipinski definition) is 0. The van der Waals surface area contributed by atoms with Gasteiger partial charge in [-0.05, 0) is 35.4 Å². The molecule has 134 valence electrons. The molecule has 1 amide bonds. The second-order valence-electron chi connectivity index (χ2n) is 6.78. The predicted octanol–water partition coefficient (Wildman–Crippen LogP) is 0.0439. The summed E-state index contributed by atoms with van der Waals surface area (Å²) in [5.74, 6) is 1.15. The number of anilines is 1. The summed E-state index contributed by atoms with van der Waals surface area (Å²) in [4.78, 5) is 19.0. The molecule has 0 N–H and O–H groups in total. The number of carbonyl (C=O) groups is 1. The summed E-state index contributed by atoms with van der Waals surface area (Å²) in [6.07, 6.45) is 4.79. The van der Waals surface area contributed by atoms with Gasteiger partial charge in [-0.25, -0.2) is 0 Å². The number of nitrogens with zero attached hydrogens (tertiary/aromatic N) is 8. The molecule has 4 rings (SSSR count). The molecule has 9 nitrogen and oxygen atoms in total. The fraction of sp³-hybridized carbons (Fsp3) is 0.688. The molecule has 2 aliphatic rings. The smallest absolute Gasteiger partial charge is 0.236 e. The van der Waals surface area contributed by atoms with Gasteiger partial charge < -0.3 is 9.80 Å². The van der Waals surface area contributed by atoms with Gasteiger partial charge >= 0.3 is 0 Å². The van der Waals surface area contributed by atoms with E-state index in [2.05, 4.69) is 30.4 Å². The van der Waals surface area contributed by atoms with Crippen molar-refractivity contribution in [3.05, 3.63) is 12.1 Å². The van der Waals surface area contributed by atoms with Gasteiger partial charge in [0.15, 0.2) is 11.5 Å². The van der Waals surface area contributed by atoms with Crippen LogP contribution in [0.2, 0.25) is 0 Å². The molecule has 0 aromatic carbocycles. The van der Waals surface area contributed by atoms with E-state index in [0.717, 1.165) is 57.9 Å². The highest BCUT2D eigenvalue weighted by atomic mass is 16.2. The summed E-state index contributed by atoms with van der Waals surface area (Å²) in [5.41, 5.74) is 0.644. The standard InChI is InChI=1S/C16H24N8O/c25-16(23-7-3-1-2-4-8-23)13-21-9-11-22(12-10-21)15-6-5-14-17-19-20-24(14)18-15/h5-6H,1-4,7-13H2. The third-order valence-electron chi connectivity index (χ3n) is 5.07. The van der Waals surface area contributed by atoms with Crippen LogP contribution in [0, 0.1) is 0 Å². The van der Waals surface area contributed by atoms with Crippen molar-refractivity contribution in [3.63, 3.8) is 0 Å². The van der Waals surface area contributed by atoms with Crippen LogP contribution in [-0.4, -0.2) is 86.8 Å². The van der Waals surface area contributed by atoms with E-state index in [1.54, 1.807) is 0 Å². The Labute approximate surface area is 146 Å². The number of aromatic nitrogens is 5. The molecule has 0 aliphatic carbocycles. The third-order valence-corrected chi connectivity index (χ3v) is 5.07. The Morgan fingerprint density at radius 3 is 2.48 bits per heavy atom. The first-order valence-electron chi connectivity index (χ1n) is 9.10. The van der Waals surface area contributed by atoms with Crippen LogP contribution in [-0.2, 0) is 4.79 Å². The van der Waals surface area contributed by atoms with Crippen molar-refractivity contribution >= 4 is 17.4 Å². The van der Waals surface area contributed by atoms with Gasteiger partial charge in [0, 0.05) is 39.3 Å². The molecule has 2 aromatic heterocycles. The lowest BCUT2D eigenvalue weighted by molar-refractivity contribution is -0.132. The Kier molecular flexibility index (Phi) is 4.73. The van der Waals surface area contributed by atoms with Gasteiger partial charge in [-0.15, -0.1) is 14.8 Å². The Morgan fingerprint density at radius 2 is 1.72 bits per heavy atom. The first-order valence-corrected chi connectivity index (χ1v) is 9.10. The zero-order valence-electron chi connectivity index (χ0n) is 14.4. The zero-order chi connectivity index (χ0) is 17.1. The predicted molar refractivity (Wildman–Crippen MR) is 92.3 cm³/mol. The van der Waals surface area contributed by atoms with Crippen LogP contribution in [0.1, 0.15) is 25.7 Å². The van der Waals surface area contributed by atoms with E-state index in [1.807, 2.05) is 17.0 Å². The molecule has 9 heteroatoms. The molecule has 0 radical (unpaired) electrons. The first-order chi connectivity index (χ1) is 12.3. The van der Waals surface area contributed by atoms with Crippen LogP contribution in [0.4, 0.5) is 5.82 Å². The Bertz CT molecular complexity index is 716. The SMILES string of the molecule is O=C(CN1CCN(c2ccc3nnnn3n2)CC1)N1CCCCCC1. The highest BCUT2D eigenvalue weighted by Gasteiger charge is 2.23. The van der Waals surface area contributed by atoms with E-state index in [-0.39, 0.29) is 5.91 Å². The number of likely N-dealkylation sites (tertiary alicyclic amines) is 1. The second-order valence-corrected chi connectivity index (χ2v) is 6.78. The minimum atomic E-state index is 0.281. The lowest BCUT2D eigenvalue weighted by Crippen LogP contribution is -2.50. The molecule has 2 fully saturated rings. The van der Waals surface area contributed by atoms with Crippen molar-refractivity contribution in [1.29, 1.82) is 0 Å². The molecule has 2 saturated heterocycles. The Balaban J connectivity index is 1.31. The molecule has 0 spiro atoms. The maximum Gasteiger partial charge on any atom is 0.236 e. The van der Waals surface area contributed by atoms with Crippen molar-refractivity contribution in [2.45, 2.75) is 25.7 Å². The summed E-state index contributed by atoms with van der Waals surface area (Å²) >= 11 is 0. The summed E-state index contributed by atoms with van der Waals surface area (Å²) in [7, 11) is 0. The maximum absolute atomic E-state index is 12.5. The normalized spacial score (nSPS) is 20.0. The van der Waals surface area contributed by atoms with Gasteiger partial charge in [-0.3, -0.25) is 9.69 Å². The van der Waals surface area contributed by atoms with Crippen LogP contribution in [0.5, 0.6) is 0 Å². The Morgan fingerprint density at radius 1 is 0.960 bits per heavy atom. The summed E-state index contributed by atoms with van der Waals surface area (Å²) in [6.45, 7) is 5.84. The third kappa shape index (κ3) is 3.71. The van der Waals surface area contributed by atoms with E-state index in [0.29, 0.717) is 12.2 Å². The molecule has 0 atom stereocenters. The number of piperazine rings is 1. The van der Waals surface area contributed by atoms with Gasteiger partial charge in [0.25, 0.3) is 0 Å². The highest BCUT2D eigenvalue weighted by molar-refractivity contribution is 5.78. The molecule has 4 heterocycles. The van der Waals surface area contributed by atoms with Gasteiger partial charge in [0.2, 0.25) is 5.91 Å². The molecule has 2 aliphatic heterocycles. The quantitative estimate of drug-likeness (QED) is 0.778. The largest absolute Gasteiger partial charge is 0.353 e. The maximum atomic E-state index is 12.5. The van der Waals surface area contributed by atoms with Crippen LogP contribution in [0.3, 0.4) is 0 Å². The van der Waals surface area contributed by atoms with E-state index in [9.17, 15) is 4.79 Å². The van der Waals surface area contributed by atoms with E-state index >= 15 is 0 Å². The summed E-state index contributed by atoms with van der Waals surface area (Å²) in [5, 5.41) is 15.8. The van der Waals surface area contributed by atoms with Crippen molar-refractivity contribution in [1.82, 2.24) is 35.1 Å². The van der Waals surface area contributed by atoms with Gasteiger partial charge in [0.05, 0.1) is 6.54 Å². The average molecular weight is 344 g/mol. The van der Waals surface area contributed by atoms with Crippen LogP contribution < -0.4 is 4.90 Å². The monoisotopic (exact) mass is 344 g/mol. The average Bonchev–Trinajstić information content (AvgIpc) is 2.94. The van der Waals surface area contributed by atoms with Crippen molar-refractivity contribution in [2.24, 2.45) is 0 Å². The number of fused-ring (bicyclic) bond motifs is 1. The van der Waals surface area contributed by atoms with Crippen LogP contribution in [0.25, 0.3) is 5.65 Å². The van der Waals surface area contributed by atoms with Crippen molar-refractivity contribution in [3.8, 4) is 0 Å². The lowest BCUT2D eigenvalue weighted by Gasteiger charge is -2.35. The molecule has 2 aromatic rings. The van der Waals surface area contributed by atoms with E-state index < -0.39 is 0 Å². The molecule has 0 unspecified atom stereocenters. The van der Waals surface area contributed by atoms with E-state index in [1.165, 1.54) is 17.5 Å². The number of rotatable bonds is 3. The van der Waals surface area contributed by atoms with Crippen molar-refractivity contribution < 1.29 is 4.79 Å². The summed E-state index contributed by atoms with van der Waals surface area (Å²) < 4.78 is 1.45. The molecule has 0 saturated carbocycles. The topological polar surface area (TPSA) is 82.8 Å². The number of hydrogen-bond acceptors (Lipinski definition) is 7. The lowest BCUT2D eigenvalue weighted by atomic mass is 10.2. The Hall–Kier alpha value is -2.29. The highest BCUT2D eigenvalue weighted by Crippen LogP contribution is 2.14. The minimum absolute atomic E-state index is 0.281. The first kappa shape index (κ1) is 16.2. The molecule has 25 heavy (non-hydrogen) atoms. The van der Waals surface area contributed by atoms with Gasteiger partial charge in [-0.2, -0.15) is 0 Å². The van der Waals surface area contributed by atoms with E-state index in [4.69, 9.17) is 0 Å². The van der Waals surface area contributed by atoms with Crippen molar-refractivity contribution in [2.75, 3.05) is 50.7 Å². The molecular formula is C16H24N8O. The summed E-state index contributed by atoms with van der Waals surface area (Å²) in [6, 6.07) is 3.82. The second kappa shape index (κ2) is 7.30. The van der Waals surface area contributed by atoms with Crippen LogP contribution >= 0.6 is 0 Å². The zero-order valence-corrected chi connectivity index (χ0v) is 14.4. The number of carbonyl (C=O) groups excluding carboxylic acids is 1. The fourth-order valence-corrected chi connectivity index (χ4v) is 3.56. The molecular weight excluding hydrogens is 320 g/mol. The van der Waals surface area contributed by atoms with Crippen LogP contribution in [0.15, 0.2) is 12.1 Å². The number of tetrazole rings is 1. The number of amides is 1. The van der Waals surface area contributed by atoms with Gasteiger partial charge in [-0.1, -0.05) is 12.8 Å². The minimum Gasteiger partial charge on any atom is -0.353 e.